The van der Waals surface area contributed by atoms with Crippen LogP contribution in [-0.4, -0.2) is 34.2 Å². The van der Waals surface area contributed by atoms with Crippen molar-refractivity contribution in [2.75, 3.05) is 0 Å². The van der Waals surface area contributed by atoms with Gasteiger partial charge in [-0.3, -0.25) is 25.0 Å². The Morgan fingerprint density at radius 2 is 1.57 bits per heavy atom. The molecule has 190 valence electrons. The zero-order valence-corrected chi connectivity index (χ0v) is 19.9. The van der Waals surface area contributed by atoms with Crippen molar-refractivity contribution in [3.8, 4) is 0 Å². The number of non-ortho nitro benzene ring substituents is 2. The van der Waals surface area contributed by atoms with E-state index in [1.807, 2.05) is 18.2 Å². The fourth-order valence-corrected chi connectivity index (χ4v) is 5.13. The van der Waals surface area contributed by atoms with E-state index in [1.54, 1.807) is 12.1 Å². The minimum Gasteiger partial charge on any atom is -0.460 e. The summed E-state index contributed by atoms with van der Waals surface area (Å²) in [4.78, 5) is 33.2. The lowest BCUT2D eigenvalue weighted by atomic mass is 10.1. The van der Waals surface area contributed by atoms with Gasteiger partial charge in [-0.15, -0.1) is 0 Å². The maximum atomic E-state index is 13.3. The third kappa shape index (κ3) is 5.32. The van der Waals surface area contributed by atoms with E-state index in [4.69, 9.17) is 10.5 Å². The predicted octanol–water partition coefficient (Wildman–Crippen LogP) is 3.31. The number of esters is 1. The first kappa shape index (κ1) is 25.5. The number of ether oxygens (including phenoxy) is 1. The van der Waals surface area contributed by atoms with E-state index in [0.717, 1.165) is 39.9 Å². The zero-order chi connectivity index (χ0) is 26.7. The summed E-state index contributed by atoms with van der Waals surface area (Å²) in [5.74, 6) is -0.728. The number of nitrogens with zero attached hydrogens (tertiary/aromatic N) is 3. The van der Waals surface area contributed by atoms with Crippen LogP contribution in [-0.2, 0) is 32.6 Å². The normalized spacial score (nSPS) is 12.2. The molecule has 0 spiro atoms. The molecule has 37 heavy (non-hydrogen) atoms. The number of nitrogens with two attached hydrogens (primary N) is 1. The summed E-state index contributed by atoms with van der Waals surface area (Å²) in [6.45, 7) is -0.387. The molecule has 0 radical (unpaired) electrons. The number of hydrogen-bond acceptors (Lipinski definition) is 9. The van der Waals surface area contributed by atoms with Gasteiger partial charge in [0.05, 0.1) is 20.3 Å². The Kier molecular flexibility index (Phi) is 7.00. The van der Waals surface area contributed by atoms with Crippen molar-refractivity contribution in [1.82, 2.24) is 3.97 Å². The molecule has 0 aliphatic rings. The molecule has 13 heteroatoms. The first-order valence-electron chi connectivity index (χ1n) is 10.8. The predicted molar refractivity (Wildman–Crippen MR) is 132 cm³/mol. The van der Waals surface area contributed by atoms with E-state index in [0.29, 0.717) is 0 Å². The number of nitro benzene ring substituents is 2. The van der Waals surface area contributed by atoms with E-state index < -0.39 is 31.9 Å². The fraction of sp³-hybridized carbons (Fsp3) is 0.125. The lowest BCUT2D eigenvalue weighted by molar-refractivity contribution is -0.385. The van der Waals surface area contributed by atoms with Crippen LogP contribution in [0.15, 0.2) is 83.9 Å². The van der Waals surface area contributed by atoms with Crippen LogP contribution in [0.3, 0.4) is 0 Å². The van der Waals surface area contributed by atoms with Gasteiger partial charge in [-0.1, -0.05) is 30.3 Å². The van der Waals surface area contributed by atoms with Gasteiger partial charge in [0, 0.05) is 41.4 Å². The molecule has 0 unspecified atom stereocenters. The van der Waals surface area contributed by atoms with Gasteiger partial charge in [0.25, 0.3) is 21.4 Å². The molecule has 0 aliphatic carbocycles. The summed E-state index contributed by atoms with van der Waals surface area (Å²) < 4.78 is 32.9. The molecule has 3 aromatic carbocycles. The fourth-order valence-electron chi connectivity index (χ4n) is 3.74. The van der Waals surface area contributed by atoms with Gasteiger partial charge >= 0.3 is 5.97 Å². The number of rotatable bonds is 9. The molecular weight excluding hydrogens is 504 g/mol. The van der Waals surface area contributed by atoms with Gasteiger partial charge in [-0.05, 0) is 30.2 Å². The van der Waals surface area contributed by atoms with Gasteiger partial charge < -0.3 is 10.5 Å². The van der Waals surface area contributed by atoms with E-state index in [1.165, 1.54) is 18.3 Å². The summed E-state index contributed by atoms with van der Waals surface area (Å²) in [7, 11) is -4.26. The number of hydrogen-bond donors (Lipinski definition) is 1. The van der Waals surface area contributed by atoms with Gasteiger partial charge in [-0.25, -0.2) is 12.4 Å². The third-order valence-electron chi connectivity index (χ3n) is 5.62. The smallest absolute Gasteiger partial charge is 0.323 e. The lowest BCUT2D eigenvalue weighted by Gasteiger charge is -2.11. The Hall–Kier alpha value is -4.62. The molecule has 0 saturated carbocycles. The molecule has 0 amide bonds. The molecule has 0 saturated heterocycles. The van der Waals surface area contributed by atoms with E-state index in [-0.39, 0.29) is 45.8 Å². The van der Waals surface area contributed by atoms with Crippen LogP contribution in [0.25, 0.3) is 10.9 Å². The van der Waals surface area contributed by atoms with Crippen LogP contribution in [0.5, 0.6) is 0 Å². The highest BCUT2D eigenvalue weighted by Crippen LogP contribution is 2.30. The van der Waals surface area contributed by atoms with E-state index in [9.17, 15) is 33.4 Å². The molecule has 0 bridgehead atoms. The van der Waals surface area contributed by atoms with Crippen LogP contribution in [0.4, 0.5) is 11.4 Å². The Balaban J connectivity index is 1.67. The second-order valence-corrected chi connectivity index (χ2v) is 9.88. The molecule has 4 rings (SSSR count). The van der Waals surface area contributed by atoms with Gasteiger partial charge in [-0.2, -0.15) is 0 Å². The topological polar surface area (TPSA) is 178 Å². The Morgan fingerprint density at radius 1 is 0.946 bits per heavy atom. The second kappa shape index (κ2) is 10.2. The molecule has 0 fully saturated rings. The van der Waals surface area contributed by atoms with Gasteiger partial charge in [0.15, 0.2) is 0 Å². The van der Waals surface area contributed by atoms with Gasteiger partial charge in [0.2, 0.25) is 0 Å². The molecule has 1 atom stereocenters. The van der Waals surface area contributed by atoms with Crippen LogP contribution >= 0.6 is 0 Å². The monoisotopic (exact) mass is 524 g/mol. The largest absolute Gasteiger partial charge is 0.460 e. The molecule has 1 heterocycles. The van der Waals surface area contributed by atoms with Crippen LogP contribution in [0.1, 0.15) is 11.1 Å². The number of benzene rings is 3. The number of carbonyl (C=O) groups excluding carboxylic acids is 1. The first-order chi connectivity index (χ1) is 17.6. The number of aromatic nitrogens is 1. The van der Waals surface area contributed by atoms with Crippen molar-refractivity contribution >= 4 is 38.3 Å². The van der Waals surface area contributed by atoms with Crippen molar-refractivity contribution in [1.29, 1.82) is 0 Å². The molecule has 0 aliphatic heterocycles. The minimum atomic E-state index is -4.26. The summed E-state index contributed by atoms with van der Waals surface area (Å²) in [5.41, 5.74) is 6.52. The van der Waals surface area contributed by atoms with Crippen molar-refractivity contribution in [3.05, 3.63) is 110 Å². The second-order valence-electron chi connectivity index (χ2n) is 8.07. The SMILES string of the molecule is N[C@@H](Cc1ccccc1)C(=O)OCc1cn(S(=O)(=O)c2ccc([N+](=O)[O-])cc2)c2ccc([N+](=O)[O-])cc12. The average molecular weight is 525 g/mol. The van der Waals surface area contributed by atoms with Gasteiger partial charge in [0.1, 0.15) is 12.6 Å². The van der Waals surface area contributed by atoms with Crippen molar-refractivity contribution in [2.45, 2.75) is 24.0 Å². The Morgan fingerprint density at radius 3 is 2.19 bits per heavy atom. The maximum absolute atomic E-state index is 13.3. The van der Waals surface area contributed by atoms with E-state index in [2.05, 4.69) is 0 Å². The highest BCUT2D eigenvalue weighted by atomic mass is 32.2. The molecular formula is C24H20N4O8S. The standard InChI is InChI=1S/C24H20N4O8S/c25-22(12-16-4-2-1-3-5-16)24(29)36-15-17-14-26(23-11-8-19(28(32)33)13-21(17)23)37(34,35)20-9-6-18(7-10-20)27(30)31/h1-11,13-14,22H,12,15,25H2/t22-/m0/s1. The summed E-state index contributed by atoms with van der Waals surface area (Å²) in [5, 5.41) is 22.4. The summed E-state index contributed by atoms with van der Waals surface area (Å²) in [6, 6.07) is 16.0. The van der Waals surface area contributed by atoms with Crippen molar-refractivity contribution in [2.24, 2.45) is 5.73 Å². The molecule has 1 aromatic heterocycles. The maximum Gasteiger partial charge on any atom is 0.323 e. The van der Waals surface area contributed by atoms with Crippen molar-refractivity contribution < 1.29 is 27.8 Å². The molecule has 2 N–H and O–H groups in total. The van der Waals surface area contributed by atoms with Crippen LogP contribution in [0.2, 0.25) is 0 Å². The first-order valence-corrected chi connectivity index (χ1v) is 12.3. The zero-order valence-electron chi connectivity index (χ0n) is 19.1. The van der Waals surface area contributed by atoms with Crippen molar-refractivity contribution in [3.63, 3.8) is 0 Å². The highest BCUT2D eigenvalue weighted by Gasteiger charge is 2.25. The highest BCUT2D eigenvalue weighted by molar-refractivity contribution is 7.90. The minimum absolute atomic E-state index is 0.101. The van der Waals surface area contributed by atoms with Crippen LogP contribution < -0.4 is 5.73 Å². The summed E-state index contributed by atoms with van der Waals surface area (Å²) in [6.07, 6.45) is 1.42. The number of carbonyl (C=O) groups is 1. The molecule has 12 nitrogen and oxygen atoms in total. The number of nitro groups is 2. The van der Waals surface area contributed by atoms with E-state index >= 15 is 0 Å². The Bertz CT molecular complexity index is 1600. The average Bonchev–Trinajstić information content (AvgIpc) is 3.26. The molecule has 4 aromatic rings. The summed E-state index contributed by atoms with van der Waals surface area (Å²) >= 11 is 0. The van der Waals surface area contributed by atoms with Crippen LogP contribution in [0, 0.1) is 20.2 Å². The third-order valence-corrected chi connectivity index (χ3v) is 7.31. The number of fused-ring (bicyclic) bond motifs is 1. The Labute approximate surface area is 210 Å². The quantitative estimate of drug-likeness (QED) is 0.195. The lowest BCUT2D eigenvalue weighted by Crippen LogP contribution is -2.34.